The molecule has 0 radical (unpaired) electrons. The highest BCUT2D eigenvalue weighted by Crippen LogP contribution is 2.31. The molecule has 9 heteroatoms. The summed E-state index contributed by atoms with van der Waals surface area (Å²) in [7, 11) is 0. The van der Waals surface area contributed by atoms with E-state index >= 15 is 0 Å². The van der Waals surface area contributed by atoms with Crippen molar-refractivity contribution in [1.82, 2.24) is 4.90 Å². The molecule has 7 nitrogen and oxygen atoms in total. The number of nitro groups is 1. The predicted molar refractivity (Wildman–Crippen MR) is 121 cm³/mol. The van der Waals surface area contributed by atoms with Gasteiger partial charge in [-0.2, -0.15) is 5.11 Å². The van der Waals surface area contributed by atoms with Gasteiger partial charge in [0, 0.05) is 38.3 Å². The molecule has 0 aliphatic carbocycles. The molecule has 32 heavy (non-hydrogen) atoms. The van der Waals surface area contributed by atoms with Crippen molar-refractivity contribution in [3.05, 3.63) is 58.1 Å². The Morgan fingerprint density at radius 2 is 1.59 bits per heavy atom. The molecule has 1 fully saturated rings. The maximum absolute atomic E-state index is 14.7. The minimum Gasteiger partial charge on any atom is -0.367 e. The Balaban J connectivity index is 1.57. The minimum atomic E-state index is -1.05. The first-order valence-corrected chi connectivity index (χ1v) is 11.1. The van der Waals surface area contributed by atoms with Gasteiger partial charge in [-0.1, -0.05) is 32.6 Å². The molecule has 0 atom stereocenters. The molecule has 1 aliphatic heterocycles. The maximum Gasteiger partial charge on any atom is 0.269 e. The fourth-order valence-corrected chi connectivity index (χ4v) is 3.75. The molecule has 0 bridgehead atoms. The van der Waals surface area contributed by atoms with Crippen molar-refractivity contribution >= 4 is 22.7 Å². The lowest BCUT2D eigenvalue weighted by atomic mass is 10.1. The van der Waals surface area contributed by atoms with Crippen molar-refractivity contribution in [2.24, 2.45) is 10.2 Å². The summed E-state index contributed by atoms with van der Waals surface area (Å²) in [5, 5.41) is 18.3. The van der Waals surface area contributed by atoms with Gasteiger partial charge < -0.3 is 4.90 Å². The third-order valence-corrected chi connectivity index (χ3v) is 5.67. The molecule has 0 amide bonds. The van der Waals surface area contributed by atoms with E-state index in [1.54, 1.807) is 0 Å². The van der Waals surface area contributed by atoms with Crippen LogP contribution >= 0.6 is 0 Å². The summed E-state index contributed by atoms with van der Waals surface area (Å²) >= 11 is 0. The fraction of sp³-hybridized carbons (Fsp3) is 0.478. The molecular formula is C23H29F2N5O2. The number of nitrogens with zero attached hydrogens (tertiary/aromatic N) is 5. The van der Waals surface area contributed by atoms with Gasteiger partial charge >= 0.3 is 0 Å². The van der Waals surface area contributed by atoms with Crippen molar-refractivity contribution < 1.29 is 13.7 Å². The van der Waals surface area contributed by atoms with Gasteiger partial charge in [0.25, 0.3) is 5.69 Å². The summed E-state index contributed by atoms with van der Waals surface area (Å²) in [5.74, 6) is -1.98. The molecule has 0 saturated carbocycles. The van der Waals surface area contributed by atoms with Gasteiger partial charge in [0.05, 0.1) is 16.3 Å². The molecule has 1 saturated heterocycles. The van der Waals surface area contributed by atoms with Crippen molar-refractivity contribution in [2.45, 2.75) is 39.0 Å². The third-order valence-electron chi connectivity index (χ3n) is 5.67. The molecule has 2 aromatic carbocycles. The van der Waals surface area contributed by atoms with Crippen molar-refractivity contribution in [3.63, 3.8) is 0 Å². The largest absolute Gasteiger partial charge is 0.367 e. The number of piperazine rings is 1. The third kappa shape index (κ3) is 6.29. The zero-order valence-corrected chi connectivity index (χ0v) is 18.3. The van der Waals surface area contributed by atoms with Crippen molar-refractivity contribution in [3.8, 4) is 0 Å². The van der Waals surface area contributed by atoms with Crippen LogP contribution in [0.3, 0.4) is 0 Å². The topological polar surface area (TPSA) is 74.3 Å². The van der Waals surface area contributed by atoms with Gasteiger partial charge in [0.2, 0.25) is 0 Å². The monoisotopic (exact) mass is 445 g/mol. The molecule has 1 heterocycles. The predicted octanol–water partition coefficient (Wildman–Crippen LogP) is 6.38. The van der Waals surface area contributed by atoms with Crippen LogP contribution in [-0.2, 0) is 0 Å². The van der Waals surface area contributed by atoms with E-state index in [1.165, 1.54) is 68.5 Å². The van der Waals surface area contributed by atoms with Gasteiger partial charge in [-0.15, -0.1) is 5.11 Å². The van der Waals surface area contributed by atoms with Crippen LogP contribution in [0.4, 0.5) is 31.5 Å². The Bertz CT molecular complexity index is 929. The van der Waals surface area contributed by atoms with E-state index in [9.17, 15) is 18.9 Å². The Labute approximate surface area is 186 Å². The molecular weight excluding hydrogens is 416 g/mol. The van der Waals surface area contributed by atoms with Crippen LogP contribution in [-0.4, -0.2) is 42.5 Å². The Kier molecular flexibility index (Phi) is 8.61. The molecule has 2 aromatic rings. The Morgan fingerprint density at radius 1 is 0.906 bits per heavy atom. The summed E-state index contributed by atoms with van der Waals surface area (Å²) in [6, 6.07) is 8.28. The lowest BCUT2D eigenvalue weighted by Crippen LogP contribution is -2.47. The Hall–Kier alpha value is -2.94. The lowest BCUT2D eigenvalue weighted by Gasteiger charge is -2.36. The van der Waals surface area contributed by atoms with Gasteiger partial charge in [0.1, 0.15) is 5.69 Å². The molecule has 0 N–H and O–H groups in total. The second-order valence-corrected chi connectivity index (χ2v) is 7.95. The Morgan fingerprint density at radius 3 is 2.25 bits per heavy atom. The molecule has 172 valence electrons. The van der Waals surface area contributed by atoms with E-state index in [-0.39, 0.29) is 17.1 Å². The van der Waals surface area contributed by atoms with E-state index in [0.717, 1.165) is 19.6 Å². The van der Waals surface area contributed by atoms with Gasteiger partial charge in [-0.25, -0.2) is 8.78 Å². The summed E-state index contributed by atoms with van der Waals surface area (Å²) in [5.41, 5.74) is 0.252. The maximum atomic E-state index is 14.7. The fourth-order valence-electron chi connectivity index (χ4n) is 3.75. The van der Waals surface area contributed by atoms with Crippen LogP contribution in [0.5, 0.6) is 0 Å². The lowest BCUT2D eigenvalue weighted by molar-refractivity contribution is -0.384. The van der Waals surface area contributed by atoms with E-state index in [1.807, 2.05) is 4.90 Å². The highest BCUT2D eigenvalue weighted by atomic mass is 19.2. The van der Waals surface area contributed by atoms with Crippen LogP contribution in [0.15, 0.2) is 46.6 Å². The number of azo groups is 1. The normalized spacial score (nSPS) is 14.9. The highest BCUT2D eigenvalue weighted by Gasteiger charge is 2.22. The SMILES string of the molecule is CCCCCCCN1CCN(c2ccc(N=Nc3ccc([N+](=O)[O-])cc3)c(F)c2F)CC1. The zero-order chi connectivity index (χ0) is 22.9. The van der Waals surface area contributed by atoms with E-state index in [2.05, 4.69) is 22.1 Å². The van der Waals surface area contributed by atoms with Gasteiger partial charge in [-0.05, 0) is 37.2 Å². The van der Waals surface area contributed by atoms with Crippen LogP contribution in [0.25, 0.3) is 0 Å². The minimum absolute atomic E-state index is 0.0814. The average Bonchev–Trinajstić information content (AvgIpc) is 2.81. The van der Waals surface area contributed by atoms with E-state index in [4.69, 9.17) is 0 Å². The second kappa shape index (κ2) is 11.6. The molecule has 0 spiro atoms. The number of non-ortho nitro benzene ring substituents is 1. The van der Waals surface area contributed by atoms with Crippen LogP contribution < -0.4 is 4.90 Å². The first-order valence-electron chi connectivity index (χ1n) is 11.1. The number of hydrogen-bond donors (Lipinski definition) is 0. The molecule has 0 unspecified atom stereocenters. The van der Waals surface area contributed by atoms with Gasteiger partial charge in [-0.3, -0.25) is 15.0 Å². The molecule has 0 aromatic heterocycles. The quantitative estimate of drug-likeness (QED) is 0.184. The number of halogens is 2. The van der Waals surface area contributed by atoms with Crippen LogP contribution in [0.2, 0.25) is 0 Å². The second-order valence-electron chi connectivity index (χ2n) is 7.95. The smallest absolute Gasteiger partial charge is 0.269 e. The first-order chi connectivity index (χ1) is 15.5. The summed E-state index contributed by atoms with van der Waals surface area (Å²) < 4.78 is 29.3. The summed E-state index contributed by atoms with van der Waals surface area (Å²) in [4.78, 5) is 14.4. The summed E-state index contributed by atoms with van der Waals surface area (Å²) in [6.07, 6.45) is 6.20. The number of anilines is 1. The van der Waals surface area contributed by atoms with Crippen molar-refractivity contribution in [2.75, 3.05) is 37.6 Å². The van der Waals surface area contributed by atoms with E-state index < -0.39 is 16.6 Å². The highest BCUT2D eigenvalue weighted by molar-refractivity contribution is 5.56. The number of benzene rings is 2. The average molecular weight is 446 g/mol. The number of hydrogen-bond acceptors (Lipinski definition) is 6. The summed E-state index contributed by atoms with van der Waals surface area (Å²) in [6.45, 7) is 6.21. The number of unbranched alkanes of at least 4 members (excludes halogenated alkanes) is 4. The number of nitro benzene ring substituents is 1. The first kappa shape index (κ1) is 23.7. The van der Waals surface area contributed by atoms with Crippen LogP contribution in [0, 0.1) is 21.7 Å². The van der Waals surface area contributed by atoms with Crippen molar-refractivity contribution in [1.29, 1.82) is 0 Å². The molecule has 1 aliphatic rings. The zero-order valence-electron chi connectivity index (χ0n) is 18.3. The standard InChI is InChI=1S/C23H29F2N5O2/c1-2-3-4-5-6-13-28-14-16-29(17-15-28)21-12-11-20(22(24)23(21)25)27-26-18-7-9-19(10-8-18)30(31)32/h7-12H,2-6,13-17H2,1H3. The van der Waals surface area contributed by atoms with Crippen LogP contribution in [0.1, 0.15) is 39.0 Å². The van der Waals surface area contributed by atoms with Gasteiger partial charge in [0.15, 0.2) is 11.6 Å². The number of rotatable bonds is 10. The van der Waals surface area contributed by atoms with E-state index in [0.29, 0.717) is 18.8 Å². The molecule has 3 rings (SSSR count).